The SMILES string of the molecule is Cc1cccc(NC2(CO)CCCC(C)C2)c1[N+](=O)[O-]. The molecule has 0 aliphatic heterocycles. The summed E-state index contributed by atoms with van der Waals surface area (Å²) in [5, 5.41) is 24.3. The van der Waals surface area contributed by atoms with Crippen molar-refractivity contribution in [3.63, 3.8) is 0 Å². The lowest BCUT2D eigenvalue weighted by atomic mass is 9.76. The first-order valence-electron chi connectivity index (χ1n) is 7.10. The molecule has 1 saturated carbocycles. The van der Waals surface area contributed by atoms with Crippen LogP contribution in [0.1, 0.15) is 38.2 Å². The minimum Gasteiger partial charge on any atom is -0.394 e. The predicted molar refractivity (Wildman–Crippen MR) is 78.9 cm³/mol. The maximum atomic E-state index is 11.2. The lowest BCUT2D eigenvalue weighted by Crippen LogP contribution is -2.46. The van der Waals surface area contributed by atoms with E-state index in [4.69, 9.17) is 0 Å². The van der Waals surface area contributed by atoms with Crippen LogP contribution in [0.5, 0.6) is 0 Å². The van der Waals surface area contributed by atoms with Gasteiger partial charge in [0.05, 0.1) is 17.1 Å². The molecule has 5 nitrogen and oxygen atoms in total. The maximum absolute atomic E-state index is 11.2. The molecule has 2 N–H and O–H groups in total. The number of nitro groups is 1. The Kier molecular flexibility index (Phi) is 4.28. The van der Waals surface area contributed by atoms with Crippen LogP contribution in [0.4, 0.5) is 11.4 Å². The van der Waals surface area contributed by atoms with E-state index in [0.29, 0.717) is 17.2 Å². The number of nitro benzene ring substituents is 1. The summed E-state index contributed by atoms with van der Waals surface area (Å²) in [6.45, 7) is 3.90. The van der Waals surface area contributed by atoms with Gasteiger partial charge in [-0.2, -0.15) is 0 Å². The Hall–Kier alpha value is -1.62. The number of aliphatic hydroxyl groups is 1. The third-order valence-electron chi connectivity index (χ3n) is 4.21. The van der Waals surface area contributed by atoms with Gasteiger partial charge in [0.1, 0.15) is 5.69 Å². The van der Waals surface area contributed by atoms with Gasteiger partial charge in [-0.3, -0.25) is 10.1 Å². The Balaban J connectivity index is 2.32. The third kappa shape index (κ3) is 2.93. The first-order valence-corrected chi connectivity index (χ1v) is 7.10. The van der Waals surface area contributed by atoms with E-state index in [1.807, 2.05) is 6.07 Å². The zero-order chi connectivity index (χ0) is 14.8. The van der Waals surface area contributed by atoms with Gasteiger partial charge in [-0.25, -0.2) is 0 Å². The van der Waals surface area contributed by atoms with Crippen LogP contribution < -0.4 is 5.32 Å². The Labute approximate surface area is 119 Å². The van der Waals surface area contributed by atoms with E-state index in [0.717, 1.165) is 25.7 Å². The normalized spacial score (nSPS) is 26.2. The minimum absolute atomic E-state index is 0.00242. The molecule has 0 amide bonds. The molecule has 0 spiro atoms. The molecule has 1 aromatic rings. The van der Waals surface area contributed by atoms with Crippen molar-refractivity contribution in [2.45, 2.75) is 45.1 Å². The monoisotopic (exact) mass is 278 g/mol. The molecular formula is C15H22N2O3. The van der Waals surface area contributed by atoms with Crippen LogP contribution in [0.15, 0.2) is 18.2 Å². The standard InChI is InChI=1S/C15H22N2O3/c1-11-5-4-8-15(9-11,10-18)16-13-7-3-6-12(2)14(13)17(19)20/h3,6-7,11,16,18H,4-5,8-10H2,1-2H3. The fourth-order valence-corrected chi connectivity index (χ4v) is 3.24. The number of para-hydroxylation sites is 1. The van der Waals surface area contributed by atoms with Crippen molar-refractivity contribution in [3.8, 4) is 0 Å². The molecule has 1 aromatic carbocycles. The zero-order valence-electron chi connectivity index (χ0n) is 12.1. The fraction of sp³-hybridized carbons (Fsp3) is 0.600. The van der Waals surface area contributed by atoms with Gasteiger partial charge in [-0.05, 0) is 31.7 Å². The quantitative estimate of drug-likeness (QED) is 0.654. The minimum atomic E-state index is -0.434. The van der Waals surface area contributed by atoms with E-state index in [1.165, 1.54) is 0 Å². The number of rotatable bonds is 4. The number of aryl methyl sites for hydroxylation is 1. The molecule has 0 bridgehead atoms. The Morgan fingerprint density at radius 3 is 2.90 bits per heavy atom. The van der Waals surface area contributed by atoms with Crippen molar-refractivity contribution in [2.24, 2.45) is 5.92 Å². The topological polar surface area (TPSA) is 75.4 Å². The second kappa shape index (κ2) is 5.79. The zero-order valence-corrected chi connectivity index (χ0v) is 12.1. The summed E-state index contributed by atoms with van der Waals surface area (Å²) in [6, 6.07) is 5.27. The third-order valence-corrected chi connectivity index (χ3v) is 4.21. The van der Waals surface area contributed by atoms with Crippen LogP contribution in [0.3, 0.4) is 0 Å². The van der Waals surface area contributed by atoms with Crippen LogP contribution in [0.2, 0.25) is 0 Å². The first-order chi connectivity index (χ1) is 9.47. The van der Waals surface area contributed by atoms with Gasteiger partial charge in [0.2, 0.25) is 0 Å². The number of benzene rings is 1. The molecule has 0 aromatic heterocycles. The summed E-state index contributed by atoms with van der Waals surface area (Å²) in [7, 11) is 0. The summed E-state index contributed by atoms with van der Waals surface area (Å²) in [6.07, 6.45) is 3.88. The van der Waals surface area contributed by atoms with Crippen LogP contribution in [-0.4, -0.2) is 22.2 Å². The average Bonchev–Trinajstić information content (AvgIpc) is 2.38. The van der Waals surface area contributed by atoms with Gasteiger partial charge < -0.3 is 10.4 Å². The van der Waals surface area contributed by atoms with Crippen molar-refractivity contribution >= 4 is 11.4 Å². The number of nitrogens with zero attached hydrogens (tertiary/aromatic N) is 1. The second-order valence-corrected chi connectivity index (χ2v) is 5.99. The second-order valence-electron chi connectivity index (χ2n) is 5.99. The largest absolute Gasteiger partial charge is 0.394 e. The van der Waals surface area contributed by atoms with E-state index in [1.54, 1.807) is 19.1 Å². The molecule has 0 radical (unpaired) electrons. The Bertz CT molecular complexity index is 504. The maximum Gasteiger partial charge on any atom is 0.295 e. The van der Waals surface area contributed by atoms with Gasteiger partial charge in [0.15, 0.2) is 0 Å². The number of anilines is 1. The summed E-state index contributed by atoms with van der Waals surface area (Å²) >= 11 is 0. The van der Waals surface area contributed by atoms with E-state index in [-0.39, 0.29) is 17.2 Å². The highest BCUT2D eigenvalue weighted by Gasteiger charge is 2.36. The Morgan fingerprint density at radius 2 is 2.30 bits per heavy atom. The molecule has 0 saturated heterocycles. The summed E-state index contributed by atoms with van der Waals surface area (Å²) in [5.41, 5.74) is 0.824. The van der Waals surface area contributed by atoms with Crippen LogP contribution in [0, 0.1) is 23.0 Å². The van der Waals surface area contributed by atoms with Crippen LogP contribution in [-0.2, 0) is 0 Å². The molecule has 1 aliphatic carbocycles. The average molecular weight is 278 g/mol. The summed E-state index contributed by atoms with van der Waals surface area (Å²) < 4.78 is 0. The number of hydrogen-bond donors (Lipinski definition) is 2. The van der Waals surface area contributed by atoms with Crippen molar-refractivity contribution < 1.29 is 10.0 Å². The number of aliphatic hydroxyl groups excluding tert-OH is 1. The molecule has 110 valence electrons. The van der Waals surface area contributed by atoms with Gasteiger partial charge in [0, 0.05) is 5.56 Å². The molecule has 2 unspecified atom stereocenters. The van der Waals surface area contributed by atoms with Crippen molar-refractivity contribution in [3.05, 3.63) is 33.9 Å². The van der Waals surface area contributed by atoms with Gasteiger partial charge in [-0.15, -0.1) is 0 Å². The van der Waals surface area contributed by atoms with Crippen molar-refractivity contribution in [2.75, 3.05) is 11.9 Å². The summed E-state index contributed by atoms with van der Waals surface area (Å²) in [4.78, 5) is 10.9. The van der Waals surface area contributed by atoms with Crippen LogP contribution in [0.25, 0.3) is 0 Å². The lowest BCUT2D eigenvalue weighted by Gasteiger charge is -2.40. The molecular weight excluding hydrogens is 256 g/mol. The Morgan fingerprint density at radius 1 is 1.55 bits per heavy atom. The molecule has 0 heterocycles. The van der Waals surface area contributed by atoms with E-state index >= 15 is 0 Å². The van der Waals surface area contributed by atoms with E-state index in [9.17, 15) is 15.2 Å². The van der Waals surface area contributed by atoms with E-state index in [2.05, 4.69) is 12.2 Å². The van der Waals surface area contributed by atoms with Crippen LogP contribution >= 0.6 is 0 Å². The highest BCUT2D eigenvalue weighted by molar-refractivity contribution is 5.66. The fourth-order valence-electron chi connectivity index (χ4n) is 3.24. The van der Waals surface area contributed by atoms with Crippen molar-refractivity contribution in [1.29, 1.82) is 0 Å². The van der Waals surface area contributed by atoms with Crippen molar-refractivity contribution in [1.82, 2.24) is 0 Å². The molecule has 1 fully saturated rings. The molecule has 1 aliphatic rings. The highest BCUT2D eigenvalue weighted by atomic mass is 16.6. The molecule has 5 heteroatoms. The number of nitrogens with one attached hydrogen (secondary N) is 1. The molecule has 2 rings (SSSR count). The first kappa shape index (κ1) is 14.8. The van der Waals surface area contributed by atoms with Gasteiger partial charge in [0.25, 0.3) is 5.69 Å². The van der Waals surface area contributed by atoms with Gasteiger partial charge in [-0.1, -0.05) is 31.9 Å². The molecule has 2 atom stereocenters. The highest BCUT2D eigenvalue weighted by Crippen LogP contribution is 2.37. The number of hydrogen-bond acceptors (Lipinski definition) is 4. The van der Waals surface area contributed by atoms with E-state index < -0.39 is 5.54 Å². The smallest absolute Gasteiger partial charge is 0.295 e. The predicted octanol–water partition coefficient (Wildman–Crippen LogP) is 3.26. The summed E-state index contributed by atoms with van der Waals surface area (Å²) in [5.74, 6) is 0.521. The molecule has 20 heavy (non-hydrogen) atoms. The lowest BCUT2D eigenvalue weighted by molar-refractivity contribution is -0.384. The van der Waals surface area contributed by atoms with Gasteiger partial charge >= 0.3 is 0 Å².